The third-order valence-corrected chi connectivity index (χ3v) is 6.54. The van der Waals surface area contributed by atoms with E-state index in [0.717, 1.165) is 21.3 Å². The summed E-state index contributed by atoms with van der Waals surface area (Å²) in [6, 6.07) is 13.6. The van der Waals surface area contributed by atoms with Crippen LogP contribution in [-0.4, -0.2) is 10.9 Å². The second kappa shape index (κ2) is 8.01. The van der Waals surface area contributed by atoms with Crippen molar-refractivity contribution in [2.75, 3.05) is 4.90 Å². The molecule has 0 radical (unpaired) electrons. The van der Waals surface area contributed by atoms with Crippen LogP contribution in [0.4, 0.5) is 5.13 Å². The number of carbonyl (C=O) groups excluding carboxylic acids is 1. The molecule has 0 aliphatic carbocycles. The number of halogens is 1. The molecule has 0 aliphatic heterocycles. The minimum absolute atomic E-state index is 0.0209. The number of rotatable bonds is 5. The van der Waals surface area contributed by atoms with Crippen LogP contribution in [0, 0.1) is 20.8 Å². The Morgan fingerprint density at radius 3 is 2.69 bits per heavy atom. The Morgan fingerprint density at radius 1 is 1.14 bits per heavy atom. The van der Waals surface area contributed by atoms with E-state index < -0.39 is 0 Å². The number of amides is 1. The molecule has 0 fully saturated rings. The Morgan fingerprint density at radius 2 is 1.97 bits per heavy atom. The Kier molecular flexibility index (Phi) is 5.43. The van der Waals surface area contributed by atoms with Gasteiger partial charge in [0.2, 0.25) is 5.91 Å². The molecule has 2 aromatic heterocycles. The van der Waals surface area contributed by atoms with Crippen LogP contribution in [0.3, 0.4) is 0 Å². The lowest BCUT2D eigenvalue weighted by Gasteiger charge is -2.19. The number of benzene rings is 2. The summed E-state index contributed by atoms with van der Waals surface area (Å²) in [7, 11) is 0. The van der Waals surface area contributed by atoms with Crippen LogP contribution < -0.4 is 4.90 Å². The quantitative estimate of drug-likeness (QED) is 0.380. The molecule has 29 heavy (non-hydrogen) atoms. The highest BCUT2D eigenvalue weighted by atomic mass is 35.5. The third-order valence-electron chi connectivity index (χ3n) is 5.09. The van der Waals surface area contributed by atoms with Crippen molar-refractivity contribution in [2.24, 2.45) is 0 Å². The molecule has 2 aromatic carbocycles. The normalized spacial score (nSPS) is 11.2. The highest BCUT2D eigenvalue weighted by Crippen LogP contribution is 2.34. The van der Waals surface area contributed by atoms with Gasteiger partial charge in [-0.25, -0.2) is 4.98 Å². The number of furan rings is 1. The first kappa shape index (κ1) is 19.7. The van der Waals surface area contributed by atoms with Crippen molar-refractivity contribution < 1.29 is 9.21 Å². The number of hydrogen-bond donors (Lipinski definition) is 0. The molecule has 0 unspecified atom stereocenters. The van der Waals surface area contributed by atoms with Crippen LogP contribution in [0.25, 0.3) is 10.2 Å². The Balaban J connectivity index is 1.70. The average molecular weight is 425 g/mol. The van der Waals surface area contributed by atoms with Crippen LogP contribution in [0.5, 0.6) is 0 Å². The van der Waals surface area contributed by atoms with E-state index in [2.05, 4.69) is 26.0 Å². The Hall–Kier alpha value is -2.63. The molecule has 0 bridgehead atoms. The molecule has 2 heterocycles. The average Bonchev–Trinajstić information content (AvgIpc) is 3.35. The molecule has 0 saturated heterocycles. The van der Waals surface area contributed by atoms with Gasteiger partial charge in [0.15, 0.2) is 5.13 Å². The number of carbonyl (C=O) groups is 1. The second-order valence-corrected chi connectivity index (χ2v) is 8.59. The third kappa shape index (κ3) is 4.07. The Bertz CT molecular complexity index is 1180. The highest BCUT2D eigenvalue weighted by Gasteiger charge is 2.22. The van der Waals surface area contributed by atoms with Crippen molar-refractivity contribution in [2.45, 2.75) is 33.7 Å². The van der Waals surface area contributed by atoms with Gasteiger partial charge >= 0.3 is 0 Å². The summed E-state index contributed by atoms with van der Waals surface area (Å²) in [4.78, 5) is 19.7. The molecular formula is C23H21ClN2O2S. The van der Waals surface area contributed by atoms with Crippen LogP contribution in [-0.2, 0) is 17.8 Å². The van der Waals surface area contributed by atoms with Gasteiger partial charge in [-0.3, -0.25) is 9.69 Å². The van der Waals surface area contributed by atoms with E-state index in [1.165, 1.54) is 22.5 Å². The van der Waals surface area contributed by atoms with Gasteiger partial charge in [0, 0.05) is 5.02 Å². The van der Waals surface area contributed by atoms with Crippen molar-refractivity contribution in [1.82, 2.24) is 4.98 Å². The minimum Gasteiger partial charge on any atom is -0.467 e. The number of fused-ring (bicyclic) bond motifs is 1. The SMILES string of the molecule is Cc1ccc(CC(=O)N(Cc2ccco2)c2nc3c(C)c(Cl)ccc3s2)cc1C. The molecule has 1 amide bonds. The van der Waals surface area contributed by atoms with Crippen LogP contribution >= 0.6 is 22.9 Å². The first-order chi connectivity index (χ1) is 13.9. The summed E-state index contributed by atoms with van der Waals surface area (Å²) in [5.41, 5.74) is 5.14. The molecule has 148 valence electrons. The van der Waals surface area contributed by atoms with Gasteiger partial charge in [-0.1, -0.05) is 41.1 Å². The van der Waals surface area contributed by atoms with Crippen molar-refractivity contribution >= 4 is 44.2 Å². The molecule has 0 N–H and O–H groups in total. The maximum atomic E-state index is 13.3. The lowest BCUT2D eigenvalue weighted by Crippen LogP contribution is -2.31. The maximum Gasteiger partial charge on any atom is 0.233 e. The number of nitrogens with zero attached hydrogens (tertiary/aromatic N) is 2. The summed E-state index contributed by atoms with van der Waals surface area (Å²) < 4.78 is 6.50. The summed E-state index contributed by atoms with van der Waals surface area (Å²) in [6.45, 7) is 6.41. The van der Waals surface area contributed by atoms with Gasteiger partial charge in [0.05, 0.1) is 29.4 Å². The van der Waals surface area contributed by atoms with Gasteiger partial charge in [-0.05, 0) is 67.3 Å². The fourth-order valence-electron chi connectivity index (χ4n) is 3.21. The van der Waals surface area contributed by atoms with E-state index in [4.69, 9.17) is 21.0 Å². The van der Waals surface area contributed by atoms with Gasteiger partial charge in [0.25, 0.3) is 0 Å². The van der Waals surface area contributed by atoms with Crippen LogP contribution in [0.15, 0.2) is 53.1 Å². The zero-order valence-electron chi connectivity index (χ0n) is 16.5. The van der Waals surface area contributed by atoms with E-state index in [9.17, 15) is 4.79 Å². The van der Waals surface area contributed by atoms with Crippen molar-refractivity contribution in [1.29, 1.82) is 0 Å². The number of aromatic nitrogens is 1. The van der Waals surface area contributed by atoms with Gasteiger partial charge in [0.1, 0.15) is 5.76 Å². The zero-order valence-corrected chi connectivity index (χ0v) is 18.1. The second-order valence-electron chi connectivity index (χ2n) is 7.17. The number of anilines is 1. The lowest BCUT2D eigenvalue weighted by molar-refractivity contribution is -0.118. The molecule has 0 saturated carbocycles. The van der Waals surface area contributed by atoms with E-state index in [1.54, 1.807) is 11.2 Å². The number of hydrogen-bond acceptors (Lipinski definition) is 4. The maximum absolute atomic E-state index is 13.3. The fourth-order valence-corrected chi connectivity index (χ4v) is 4.40. The van der Waals surface area contributed by atoms with E-state index in [-0.39, 0.29) is 5.91 Å². The van der Waals surface area contributed by atoms with Crippen molar-refractivity contribution in [3.63, 3.8) is 0 Å². The van der Waals surface area contributed by atoms with Gasteiger partial charge in [-0.2, -0.15) is 0 Å². The van der Waals surface area contributed by atoms with E-state index >= 15 is 0 Å². The zero-order chi connectivity index (χ0) is 20.5. The number of thiazole rings is 1. The van der Waals surface area contributed by atoms with Crippen molar-refractivity contribution in [3.8, 4) is 0 Å². The van der Waals surface area contributed by atoms with Gasteiger partial charge < -0.3 is 4.42 Å². The first-order valence-electron chi connectivity index (χ1n) is 9.37. The molecule has 0 atom stereocenters. The molecule has 0 spiro atoms. The Labute approximate surface area is 178 Å². The molecule has 6 heteroatoms. The topological polar surface area (TPSA) is 46.3 Å². The molecule has 4 nitrogen and oxygen atoms in total. The summed E-state index contributed by atoms with van der Waals surface area (Å²) >= 11 is 7.75. The van der Waals surface area contributed by atoms with Crippen LogP contribution in [0.1, 0.15) is 28.0 Å². The van der Waals surface area contributed by atoms with Crippen LogP contribution in [0.2, 0.25) is 5.02 Å². The fraction of sp³-hybridized carbons (Fsp3) is 0.217. The monoisotopic (exact) mass is 424 g/mol. The summed E-state index contributed by atoms with van der Waals surface area (Å²) in [6.07, 6.45) is 1.92. The standard InChI is InChI=1S/C23H21ClN2O2S/c1-14-6-7-17(11-15(14)2)12-21(27)26(13-18-5-4-10-28-18)23-25-22-16(3)19(24)8-9-20(22)29-23/h4-11H,12-13H2,1-3H3. The smallest absolute Gasteiger partial charge is 0.233 e. The van der Waals surface area contributed by atoms with E-state index in [1.807, 2.05) is 37.3 Å². The first-order valence-corrected chi connectivity index (χ1v) is 10.6. The minimum atomic E-state index is -0.0209. The lowest BCUT2D eigenvalue weighted by atomic mass is 10.0. The molecule has 0 aliphatic rings. The van der Waals surface area contributed by atoms with Crippen molar-refractivity contribution in [3.05, 3.63) is 81.8 Å². The predicted octanol–water partition coefficient (Wildman–Crippen LogP) is 6.24. The number of aryl methyl sites for hydroxylation is 3. The van der Waals surface area contributed by atoms with E-state index in [0.29, 0.717) is 28.9 Å². The summed E-state index contributed by atoms with van der Waals surface area (Å²) in [5.74, 6) is 0.694. The van der Waals surface area contributed by atoms with Gasteiger partial charge in [-0.15, -0.1) is 0 Å². The molecular weight excluding hydrogens is 404 g/mol. The largest absolute Gasteiger partial charge is 0.467 e. The summed E-state index contributed by atoms with van der Waals surface area (Å²) in [5, 5.41) is 1.32. The molecule has 4 rings (SSSR count). The predicted molar refractivity (Wildman–Crippen MR) is 119 cm³/mol. The molecule has 4 aromatic rings. The highest BCUT2D eigenvalue weighted by molar-refractivity contribution is 7.22.